The Kier molecular flexibility index (Phi) is 7.11. The molecular weight excluding hydrogens is 396 g/mol. The number of hydrogen-bond acceptors (Lipinski definition) is 6. The number of aromatic nitrogens is 1. The van der Waals surface area contributed by atoms with E-state index in [0.29, 0.717) is 11.3 Å². The van der Waals surface area contributed by atoms with Crippen molar-refractivity contribution in [2.75, 3.05) is 11.9 Å². The van der Waals surface area contributed by atoms with E-state index in [4.69, 9.17) is 9.47 Å². The molecule has 1 heterocycles. The van der Waals surface area contributed by atoms with E-state index in [1.807, 2.05) is 30.3 Å². The topological polar surface area (TPSA) is 94.6 Å². The molecule has 0 spiro atoms. The summed E-state index contributed by atoms with van der Waals surface area (Å²) < 4.78 is 10.1. The van der Waals surface area contributed by atoms with Gasteiger partial charge in [-0.2, -0.15) is 0 Å². The number of anilines is 1. The molecule has 3 aromatic rings. The third kappa shape index (κ3) is 6.24. The average Bonchev–Trinajstić information content (AvgIpc) is 2.76. The number of nitrogens with zero attached hydrogens (tertiary/aromatic N) is 1. The van der Waals surface area contributed by atoms with Crippen molar-refractivity contribution in [2.45, 2.75) is 20.0 Å². The molecular formula is C24H22N2O5. The van der Waals surface area contributed by atoms with Crippen molar-refractivity contribution in [1.29, 1.82) is 0 Å². The number of benzene rings is 2. The molecule has 0 radical (unpaired) electrons. The third-order valence-corrected chi connectivity index (χ3v) is 4.16. The Hall–Kier alpha value is -4.00. The molecule has 2 aromatic carbocycles. The van der Waals surface area contributed by atoms with Gasteiger partial charge < -0.3 is 14.8 Å². The minimum atomic E-state index is -0.644. The van der Waals surface area contributed by atoms with Crippen LogP contribution in [0.1, 0.15) is 29.8 Å². The molecule has 1 aromatic heterocycles. The number of pyridine rings is 1. The van der Waals surface area contributed by atoms with Crippen molar-refractivity contribution in [2.24, 2.45) is 0 Å². The van der Waals surface area contributed by atoms with Crippen LogP contribution in [0.2, 0.25) is 0 Å². The summed E-state index contributed by atoms with van der Waals surface area (Å²) in [5, 5.41) is 3.56. The maximum atomic E-state index is 12.0. The maximum absolute atomic E-state index is 12.0. The predicted octanol–water partition coefficient (Wildman–Crippen LogP) is 4.00. The van der Waals surface area contributed by atoms with Gasteiger partial charge in [0, 0.05) is 28.9 Å². The van der Waals surface area contributed by atoms with Crippen LogP contribution in [0.25, 0.3) is 17.0 Å². The number of amides is 1. The highest BCUT2D eigenvalue weighted by atomic mass is 16.5. The molecule has 3 rings (SSSR count). The van der Waals surface area contributed by atoms with Crippen molar-refractivity contribution < 1.29 is 23.9 Å². The highest BCUT2D eigenvalue weighted by molar-refractivity contribution is 5.96. The van der Waals surface area contributed by atoms with Gasteiger partial charge in [-0.1, -0.05) is 24.3 Å². The van der Waals surface area contributed by atoms with Crippen LogP contribution >= 0.6 is 0 Å². The van der Waals surface area contributed by atoms with E-state index in [-0.39, 0.29) is 6.10 Å². The summed E-state index contributed by atoms with van der Waals surface area (Å²) in [5.74, 6) is -1.57. The standard InChI is InChI=1S/C24H22N2O5/c1-16(2)31-24(29)19-8-11-20(12-9-19)26-21(27)15-30-22(28)13-10-18-6-3-5-17-7-4-14-25-23(17)18/h3-14,16H,15H2,1-2H3,(H,26,27)/b13-10+. The molecule has 1 amide bonds. The first-order chi connectivity index (χ1) is 14.9. The molecule has 31 heavy (non-hydrogen) atoms. The highest BCUT2D eigenvalue weighted by Crippen LogP contribution is 2.17. The molecule has 0 aliphatic rings. The number of carbonyl (C=O) groups excluding carboxylic acids is 3. The number of rotatable bonds is 7. The molecule has 7 heteroatoms. The summed E-state index contributed by atoms with van der Waals surface area (Å²) >= 11 is 0. The van der Waals surface area contributed by atoms with E-state index in [9.17, 15) is 14.4 Å². The molecule has 0 atom stereocenters. The molecule has 0 aliphatic carbocycles. The van der Waals surface area contributed by atoms with E-state index < -0.39 is 24.5 Å². The lowest BCUT2D eigenvalue weighted by Crippen LogP contribution is -2.20. The Morgan fingerprint density at radius 2 is 1.77 bits per heavy atom. The van der Waals surface area contributed by atoms with Crippen molar-refractivity contribution in [3.63, 3.8) is 0 Å². The van der Waals surface area contributed by atoms with E-state index in [2.05, 4.69) is 10.3 Å². The van der Waals surface area contributed by atoms with E-state index in [0.717, 1.165) is 16.5 Å². The Balaban J connectivity index is 1.50. The predicted molar refractivity (Wildman–Crippen MR) is 117 cm³/mol. The SMILES string of the molecule is CC(C)OC(=O)c1ccc(NC(=O)COC(=O)/C=C/c2cccc3cccnc23)cc1. The van der Waals surface area contributed by atoms with Crippen molar-refractivity contribution >= 4 is 40.5 Å². The number of carbonyl (C=O) groups is 3. The second-order valence-corrected chi connectivity index (χ2v) is 6.94. The summed E-state index contributed by atoms with van der Waals surface area (Å²) in [7, 11) is 0. The summed E-state index contributed by atoms with van der Waals surface area (Å²) in [6.07, 6.45) is 4.32. The van der Waals surface area contributed by atoms with Gasteiger partial charge in [-0.3, -0.25) is 9.78 Å². The number of esters is 2. The van der Waals surface area contributed by atoms with Gasteiger partial charge in [-0.25, -0.2) is 9.59 Å². The average molecular weight is 418 g/mol. The molecule has 158 valence electrons. The molecule has 0 unspecified atom stereocenters. The van der Waals surface area contributed by atoms with E-state index in [1.54, 1.807) is 50.4 Å². The van der Waals surface area contributed by atoms with Crippen LogP contribution < -0.4 is 5.32 Å². The van der Waals surface area contributed by atoms with Gasteiger partial charge in [0.15, 0.2) is 6.61 Å². The molecule has 7 nitrogen and oxygen atoms in total. The lowest BCUT2D eigenvalue weighted by atomic mass is 10.1. The maximum Gasteiger partial charge on any atom is 0.338 e. The van der Waals surface area contributed by atoms with E-state index >= 15 is 0 Å². The summed E-state index contributed by atoms with van der Waals surface area (Å²) in [5.41, 5.74) is 2.40. The normalized spacial score (nSPS) is 10.9. The fourth-order valence-electron chi connectivity index (χ4n) is 2.77. The zero-order valence-corrected chi connectivity index (χ0v) is 17.2. The van der Waals surface area contributed by atoms with Crippen molar-refractivity contribution in [1.82, 2.24) is 4.98 Å². The number of ether oxygens (including phenoxy) is 2. The number of para-hydroxylation sites is 1. The van der Waals surface area contributed by atoms with Gasteiger partial charge >= 0.3 is 11.9 Å². The highest BCUT2D eigenvalue weighted by Gasteiger charge is 2.10. The van der Waals surface area contributed by atoms with Crippen LogP contribution in [0.15, 0.2) is 66.9 Å². The van der Waals surface area contributed by atoms with Gasteiger partial charge in [0.2, 0.25) is 0 Å². The summed E-state index contributed by atoms with van der Waals surface area (Å²) in [6.45, 7) is 3.10. The smallest absolute Gasteiger partial charge is 0.338 e. The minimum Gasteiger partial charge on any atom is -0.459 e. The number of fused-ring (bicyclic) bond motifs is 1. The summed E-state index contributed by atoms with van der Waals surface area (Å²) in [6, 6.07) is 15.7. The van der Waals surface area contributed by atoms with Gasteiger partial charge in [0.05, 0.1) is 17.2 Å². The molecule has 0 fully saturated rings. The van der Waals surface area contributed by atoms with Gasteiger partial charge in [0.1, 0.15) is 0 Å². The molecule has 0 bridgehead atoms. The second kappa shape index (κ2) is 10.2. The first kappa shape index (κ1) is 21.7. The first-order valence-corrected chi connectivity index (χ1v) is 9.72. The lowest BCUT2D eigenvalue weighted by Gasteiger charge is -2.09. The van der Waals surface area contributed by atoms with E-state index in [1.165, 1.54) is 6.08 Å². The van der Waals surface area contributed by atoms with Crippen LogP contribution in [0.5, 0.6) is 0 Å². The Morgan fingerprint density at radius 1 is 1.03 bits per heavy atom. The quantitative estimate of drug-likeness (QED) is 0.460. The molecule has 0 aliphatic heterocycles. The first-order valence-electron chi connectivity index (χ1n) is 9.72. The molecule has 1 N–H and O–H groups in total. The van der Waals surface area contributed by atoms with Crippen molar-refractivity contribution in [3.05, 3.63) is 78.0 Å². The zero-order valence-electron chi connectivity index (χ0n) is 17.2. The minimum absolute atomic E-state index is 0.215. The summed E-state index contributed by atoms with van der Waals surface area (Å²) in [4.78, 5) is 40.1. The largest absolute Gasteiger partial charge is 0.459 e. The molecule has 0 saturated carbocycles. The third-order valence-electron chi connectivity index (χ3n) is 4.16. The Morgan fingerprint density at radius 3 is 2.52 bits per heavy atom. The van der Waals surface area contributed by atoms with Gasteiger partial charge in [0.25, 0.3) is 5.91 Å². The van der Waals surface area contributed by atoms with Crippen LogP contribution in [0.3, 0.4) is 0 Å². The molecule has 0 saturated heterocycles. The number of nitrogens with one attached hydrogen (secondary N) is 1. The monoisotopic (exact) mass is 418 g/mol. The van der Waals surface area contributed by atoms with Crippen molar-refractivity contribution in [3.8, 4) is 0 Å². The Labute approximate surface area is 179 Å². The van der Waals surface area contributed by atoms with Crippen LogP contribution in [0.4, 0.5) is 5.69 Å². The van der Waals surface area contributed by atoms with Gasteiger partial charge in [-0.05, 0) is 50.3 Å². The number of hydrogen-bond donors (Lipinski definition) is 1. The lowest BCUT2D eigenvalue weighted by molar-refractivity contribution is -0.142. The second-order valence-electron chi connectivity index (χ2n) is 6.94. The van der Waals surface area contributed by atoms with Crippen LogP contribution in [-0.4, -0.2) is 35.5 Å². The fraction of sp³-hybridized carbons (Fsp3) is 0.167. The van der Waals surface area contributed by atoms with Crippen LogP contribution in [0, 0.1) is 0 Å². The van der Waals surface area contributed by atoms with Crippen LogP contribution in [-0.2, 0) is 19.1 Å². The zero-order chi connectivity index (χ0) is 22.2. The fourth-order valence-corrected chi connectivity index (χ4v) is 2.77. The Bertz CT molecular complexity index is 1120. The van der Waals surface area contributed by atoms with Gasteiger partial charge in [-0.15, -0.1) is 0 Å².